The SMILES string of the molecule is NC(=O)c1ccc2c(c1)CN(c1ccnc3c(Br)cccc13)CC2. The van der Waals surface area contributed by atoms with Gasteiger partial charge >= 0.3 is 0 Å². The number of nitrogens with two attached hydrogens (primary N) is 1. The van der Waals surface area contributed by atoms with Crippen molar-refractivity contribution in [1.82, 2.24) is 4.98 Å². The van der Waals surface area contributed by atoms with E-state index in [9.17, 15) is 4.79 Å². The molecular weight excluding hydrogens is 366 g/mol. The van der Waals surface area contributed by atoms with Crippen molar-refractivity contribution in [2.75, 3.05) is 11.4 Å². The maximum absolute atomic E-state index is 11.4. The second-order valence-electron chi connectivity index (χ2n) is 5.99. The summed E-state index contributed by atoms with van der Waals surface area (Å²) in [4.78, 5) is 18.3. The van der Waals surface area contributed by atoms with Gasteiger partial charge in [-0.15, -0.1) is 0 Å². The molecule has 2 aromatic carbocycles. The minimum absolute atomic E-state index is 0.381. The van der Waals surface area contributed by atoms with E-state index in [1.54, 1.807) is 0 Å². The first-order valence-electron chi connectivity index (χ1n) is 7.83. The Labute approximate surface area is 148 Å². The third-order valence-corrected chi connectivity index (χ3v) is 5.18. The monoisotopic (exact) mass is 381 g/mol. The lowest BCUT2D eigenvalue weighted by Crippen LogP contribution is -2.31. The first-order valence-corrected chi connectivity index (χ1v) is 8.62. The molecule has 0 radical (unpaired) electrons. The number of carbonyl (C=O) groups excluding carboxylic acids is 1. The number of anilines is 1. The molecule has 4 rings (SSSR count). The van der Waals surface area contributed by atoms with E-state index in [1.165, 1.54) is 5.56 Å². The number of halogens is 1. The third-order valence-electron chi connectivity index (χ3n) is 4.54. The first kappa shape index (κ1) is 15.1. The predicted molar refractivity (Wildman–Crippen MR) is 99.2 cm³/mol. The standard InChI is InChI=1S/C19H16BrN3O/c20-16-3-1-2-15-17(6-8-22-18(15)16)23-9-7-12-4-5-13(19(21)24)10-14(12)11-23/h1-6,8,10H,7,9,11H2,(H2,21,24). The van der Waals surface area contributed by atoms with Crippen molar-refractivity contribution in [3.63, 3.8) is 0 Å². The summed E-state index contributed by atoms with van der Waals surface area (Å²) in [5.41, 5.74) is 10.6. The lowest BCUT2D eigenvalue weighted by Gasteiger charge is -2.31. The molecule has 4 nitrogen and oxygen atoms in total. The molecule has 1 aliphatic heterocycles. The van der Waals surface area contributed by atoms with Crippen molar-refractivity contribution in [2.24, 2.45) is 5.73 Å². The number of amides is 1. The van der Waals surface area contributed by atoms with Crippen molar-refractivity contribution in [1.29, 1.82) is 0 Å². The molecule has 24 heavy (non-hydrogen) atoms. The van der Waals surface area contributed by atoms with E-state index in [2.05, 4.69) is 37.9 Å². The highest BCUT2D eigenvalue weighted by molar-refractivity contribution is 9.10. The fraction of sp³-hybridized carbons (Fsp3) is 0.158. The largest absolute Gasteiger partial charge is 0.366 e. The molecule has 5 heteroatoms. The van der Waals surface area contributed by atoms with Gasteiger partial charge < -0.3 is 10.6 Å². The fourth-order valence-corrected chi connectivity index (χ4v) is 3.79. The number of aromatic nitrogens is 1. The zero-order chi connectivity index (χ0) is 16.7. The third kappa shape index (κ3) is 2.55. The number of primary amides is 1. The Kier molecular flexibility index (Phi) is 3.73. The summed E-state index contributed by atoms with van der Waals surface area (Å²) in [5, 5.41) is 1.13. The normalized spacial score (nSPS) is 13.8. The van der Waals surface area contributed by atoms with Gasteiger partial charge in [-0.1, -0.05) is 18.2 Å². The molecule has 0 fully saturated rings. The van der Waals surface area contributed by atoms with E-state index in [0.717, 1.165) is 46.1 Å². The van der Waals surface area contributed by atoms with Crippen LogP contribution >= 0.6 is 15.9 Å². The Balaban J connectivity index is 1.76. The van der Waals surface area contributed by atoms with Crippen LogP contribution in [0.1, 0.15) is 21.5 Å². The molecule has 1 aliphatic rings. The molecule has 3 aromatic rings. The smallest absolute Gasteiger partial charge is 0.248 e. The van der Waals surface area contributed by atoms with Crippen LogP contribution in [0.3, 0.4) is 0 Å². The van der Waals surface area contributed by atoms with Crippen LogP contribution in [0.5, 0.6) is 0 Å². The van der Waals surface area contributed by atoms with Gasteiger partial charge in [0.1, 0.15) is 0 Å². The van der Waals surface area contributed by atoms with Gasteiger partial charge in [0.15, 0.2) is 0 Å². The van der Waals surface area contributed by atoms with E-state index in [1.807, 2.05) is 36.5 Å². The van der Waals surface area contributed by atoms with Crippen LogP contribution in [0, 0.1) is 0 Å². The summed E-state index contributed by atoms with van der Waals surface area (Å²) in [6.07, 6.45) is 2.80. The molecule has 0 saturated carbocycles. The summed E-state index contributed by atoms with van der Waals surface area (Å²) >= 11 is 3.57. The number of pyridine rings is 1. The maximum Gasteiger partial charge on any atom is 0.248 e. The minimum Gasteiger partial charge on any atom is -0.366 e. The van der Waals surface area contributed by atoms with E-state index < -0.39 is 0 Å². The number of nitrogens with zero attached hydrogens (tertiary/aromatic N) is 2. The highest BCUT2D eigenvalue weighted by Gasteiger charge is 2.19. The van der Waals surface area contributed by atoms with Gasteiger partial charge in [-0.05, 0) is 57.7 Å². The second-order valence-corrected chi connectivity index (χ2v) is 6.84. The molecule has 0 aliphatic carbocycles. The molecule has 0 unspecified atom stereocenters. The van der Waals surface area contributed by atoms with E-state index in [-0.39, 0.29) is 5.91 Å². The van der Waals surface area contributed by atoms with E-state index in [0.29, 0.717) is 5.56 Å². The number of rotatable bonds is 2. The van der Waals surface area contributed by atoms with Gasteiger partial charge in [-0.3, -0.25) is 9.78 Å². The van der Waals surface area contributed by atoms with E-state index >= 15 is 0 Å². The van der Waals surface area contributed by atoms with Gasteiger partial charge in [-0.25, -0.2) is 0 Å². The number of para-hydroxylation sites is 1. The highest BCUT2D eigenvalue weighted by Crippen LogP contribution is 2.32. The Morgan fingerprint density at radius 1 is 1.17 bits per heavy atom. The number of hydrogen-bond acceptors (Lipinski definition) is 3. The van der Waals surface area contributed by atoms with Crippen LogP contribution in [0.2, 0.25) is 0 Å². The molecule has 0 atom stereocenters. The molecule has 0 spiro atoms. The summed E-state index contributed by atoms with van der Waals surface area (Å²) in [5.74, 6) is -0.381. The van der Waals surface area contributed by atoms with Gasteiger partial charge in [-0.2, -0.15) is 0 Å². The highest BCUT2D eigenvalue weighted by atomic mass is 79.9. The minimum atomic E-state index is -0.381. The molecule has 1 amide bonds. The molecule has 2 heterocycles. The maximum atomic E-state index is 11.4. The summed E-state index contributed by atoms with van der Waals surface area (Å²) in [7, 11) is 0. The molecular formula is C19H16BrN3O. The average molecular weight is 382 g/mol. The van der Waals surface area contributed by atoms with Crippen molar-refractivity contribution in [3.05, 3.63) is 69.8 Å². The Morgan fingerprint density at radius 3 is 2.88 bits per heavy atom. The Bertz CT molecular complexity index is 954. The van der Waals surface area contributed by atoms with Crippen LogP contribution in [0.4, 0.5) is 5.69 Å². The Morgan fingerprint density at radius 2 is 2.04 bits per heavy atom. The lowest BCUT2D eigenvalue weighted by atomic mass is 9.96. The number of carbonyl (C=O) groups is 1. The van der Waals surface area contributed by atoms with Gasteiger partial charge in [0, 0.05) is 40.4 Å². The Hall–Kier alpha value is -2.40. The van der Waals surface area contributed by atoms with Gasteiger partial charge in [0.05, 0.1) is 5.52 Å². The molecule has 0 saturated heterocycles. The van der Waals surface area contributed by atoms with Gasteiger partial charge in [0.2, 0.25) is 5.91 Å². The second kappa shape index (κ2) is 5.91. The lowest BCUT2D eigenvalue weighted by molar-refractivity contribution is 0.1000. The zero-order valence-corrected chi connectivity index (χ0v) is 14.6. The van der Waals surface area contributed by atoms with Crippen molar-refractivity contribution >= 4 is 38.4 Å². The van der Waals surface area contributed by atoms with Crippen LogP contribution in [-0.2, 0) is 13.0 Å². The first-order chi connectivity index (χ1) is 11.6. The van der Waals surface area contributed by atoms with Crippen molar-refractivity contribution in [2.45, 2.75) is 13.0 Å². The predicted octanol–water partition coefficient (Wildman–Crippen LogP) is 3.66. The molecule has 120 valence electrons. The summed E-state index contributed by atoms with van der Waals surface area (Å²) in [6.45, 7) is 1.70. The number of hydrogen-bond donors (Lipinski definition) is 1. The quantitative estimate of drug-likeness (QED) is 0.736. The topological polar surface area (TPSA) is 59.2 Å². The number of fused-ring (bicyclic) bond motifs is 2. The average Bonchev–Trinajstić information content (AvgIpc) is 2.60. The molecule has 0 bridgehead atoms. The van der Waals surface area contributed by atoms with Crippen LogP contribution in [0.15, 0.2) is 53.1 Å². The van der Waals surface area contributed by atoms with Crippen molar-refractivity contribution < 1.29 is 4.79 Å². The molecule has 2 N–H and O–H groups in total. The van der Waals surface area contributed by atoms with Crippen molar-refractivity contribution in [3.8, 4) is 0 Å². The van der Waals surface area contributed by atoms with Crippen LogP contribution < -0.4 is 10.6 Å². The van der Waals surface area contributed by atoms with Crippen LogP contribution in [0.25, 0.3) is 10.9 Å². The summed E-state index contributed by atoms with van der Waals surface area (Å²) in [6, 6.07) is 13.9. The van der Waals surface area contributed by atoms with Gasteiger partial charge in [0.25, 0.3) is 0 Å². The fourth-order valence-electron chi connectivity index (χ4n) is 3.32. The molecule has 1 aromatic heterocycles. The van der Waals surface area contributed by atoms with E-state index in [4.69, 9.17) is 5.73 Å². The van der Waals surface area contributed by atoms with Crippen LogP contribution in [-0.4, -0.2) is 17.4 Å². The zero-order valence-electron chi connectivity index (χ0n) is 13.0. The number of benzene rings is 2. The summed E-state index contributed by atoms with van der Waals surface area (Å²) < 4.78 is 0.996.